The van der Waals surface area contributed by atoms with E-state index in [0.717, 1.165) is 49.2 Å². The normalized spacial score (nSPS) is 15.7. The molecule has 168 valence electrons. The van der Waals surface area contributed by atoms with Crippen LogP contribution in [0.2, 0.25) is 0 Å². The molecule has 4 rings (SSSR count). The molecule has 0 atom stereocenters. The fourth-order valence-corrected chi connectivity index (χ4v) is 4.20. The second-order valence-electron chi connectivity index (χ2n) is 7.83. The number of pyridine rings is 2. The Kier molecular flexibility index (Phi) is 5.92. The Morgan fingerprint density at radius 2 is 1.78 bits per heavy atom. The van der Waals surface area contributed by atoms with Crippen molar-refractivity contribution in [3.8, 4) is 5.75 Å². The Morgan fingerprint density at radius 3 is 2.41 bits per heavy atom. The van der Waals surface area contributed by atoms with Gasteiger partial charge in [-0.3, -0.25) is 14.1 Å². The lowest BCUT2D eigenvalue weighted by Crippen LogP contribution is -2.33. The van der Waals surface area contributed by atoms with Crippen LogP contribution in [0, 0.1) is 0 Å². The number of hydrogen-bond donors (Lipinski definition) is 1. The standard InChI is InChI=1S/C23H21F3N2O4/c24-23(25,26)18-6-4-15(5-7-18)16-8-11-27(12-9-16)14-17-13-20(32-22(30)31)21(29)28-10-2-1-3-19(17)28/h1-7,10,13,16H,8-9,11-12,14H2,(H,30,31). The molecule has 1 saturated heterocycles. The van der Waals surface area contributed by atoms with Gasteiger partial charge in [-0.15, -0.1) is 0 Å². The van der Waals surface area contributed by atoms with Crippen LogP contribution in [0.3, 0.4) is 0 Å². The Balaban J connectivity index is 1.49. The summed E-state index contributed by atoms with van der Waals surface area (Å²) in [5.74, 6) is -0.0783. The summed E-state index contributed by atoms with van der Waals surface area (Å²) in [6, 6.07) is 12.1. The topological polar surface area (TPSA) is 71.2 Å². The smallest absolute Gasteiger partial charge is 0.449 e. The number of likely N-dealkylation sites (tertiary alicyclic amines) is 1. The number of piperidine rings is 1. The molecular formula is C23H21F3N2O4. The fraction of sp³-hybridized carbons (Fsp3) is 0.304. The number of hydrogen-bond acceptors (Lipinski definition) is 4. The van der Waals surface area contributed by atoms with Crippen molar-refractivity contribution in [1.29, 1.82) is 0 Å². The van der Waals surface area contributed by atoms with Gasteiger partial charge in [0.2, 0.25) is 0 Å². The third-order valence-electron chi connectivity index (χ3n) is 5.81. The molecule has 0 unspecified atom stereocenters. The maximum Gasteiger partial charge on any atom is 0.511 e. The molecule has 3 heterocycles. The van der Waals surface area contributed by atoms with Gasteiger partial charge in [0.1, 0.15) is 0 Å². The maximum absolute atomic E-state index is 12.8. The first-order chi connectivity index (χ1) is 15.2. The molecule has 0 spiro atoms. The van der Waals surface area contributed by atoms with Crippen LogP contribution in [-0.2, 0) is 12.7 Å². The minimum Gasteiger partial charge on any atom is -0.449 e. The molecule has 1 N–H and O–H groups in total. The first-order valence-electron chi connectivity index (χ1n) is 10.2. The molecule has 0 aliphatic carbocycles. The van der Waals surface area contributed by atoms with Crippen LogP contribution in [0.5, 0.6) is 5.75 Å². The zero-order valence-electron chi connectivity index (χ0n) is 17.0. The lowest BCUT2D eigenvalue weighted by Gasteiger charge is -2.32. The predicted molar refractivity (Wildman–Crippen MR) is 111 cm³/mol. The number of alkyl halides is 3. The van der Waals surface area contributed by atoms with Gasteiger partial charge in [0.05, 0.1) is 11.1 Å². The van der Waals surface area contributed by atoms with Gasteiger partial charge in [0, 0.05) is 12.7 Å². The lowest BCUT2D eigenvalue weighted by molar-refractivity contribution is -0.137. The number of fused-ring (bicyclic) bond motifs is 1. The van der Waals surface area contributed by atoms with Gasteiger partial charge in [-0.25, -0.2) is 4.79 Å². The number of carbonyl (C=O) groups is 1. The van der Waals surface area contributed by atoms with Gasteiger partial charge in [-0.05, 0) is 73.3 Å². The second-order valence-corrected chi connectivity index (χ2v) is 7.83. The minimum absolute atomic E-state index is 0.176. The molecule has 3 aromatic rings. The third kappa shape index (κ3) is 4.62. The van der Waals surface area contributed by atoms with E-state index in [2.05, 4.69) is 9.64 Å². The van der Waals surface area contributed by atoms with E-state index in [1.807, 2.05) is 0 Å². The van der Waals surface area contributed by atoms with Crippen LogP contribution in [0.1, 0.15) is 35.4 Å². The van der Waals surface area contributed by atoms with Gasteiger partial charge in [0.25, 0.3) is 5.56 Å². The molecule has 1 aliphatic rings. The monoisotopic (exact) mass is 446 g/mol. The summed E-state index contributed by atoms with van der Waals surface area (Å²) in [7, 11) is 0. The highest BCUT2D eigenvalue weighted by molar-refractivity contribution is 5.63. The average Bonchev–Trinajstić information content (AvgIpc) is 2.77. The molecule has 6 nitrogen and oxygen atoms in total. The Labute approximate surface area is 181 Å². The van der Waals surface area contributed by atoms with Crippen LogP contribution in [0.15, 0.2) is 59.5 Å². The number of aromatic nitrogens is 1. The molecule has 0 bridgehead atoms. The molecule has 0 saturated carbocycles. The molecule has 1 aliphatic heterocycles. The molecule has 0 amide bonds. The van der Waals surface area contributed by atoms with E-state index in [1.165, 1.54) is 10.5 Å². The minimum atomic E-state index is -4.34. The molecule has 0 radical (unpaired) electrons. The van der Waals surface area contributed by atoms with Crippen molar-refractivity contribution in [3.63, 3.8) is 0 Å². The fourth-order valence-electron chi connectivity index (χ4n) is 4.20. The molecule has 9 heteroatoms. The number of ether oxygens (including phenoxy) is 1. The van der Waals surface area contributed by atoms with Crippen molar-refractivity contribution >= 4 is 11.7 Å². The number of nitrogens with zero attached hydrogens (tertiary/aromatic N) is 2. The van der Waals surface area contributed by atoms with Crippen molar-refractivity contribution in [1.82, 2.24) is 9.30 Å². The SMILES string of the molecule is O=C(O)Oc1cc(CN2CCC(c3ccc(C(F)(F)F)cc3)CC2)c2ccccn2c1=O. The quantitative estimate of drug-likeness (QED) is 0.586. The number of benzene rings is 1. The first-order valence-corrected chi connectivity index (χ1v) is 10.2. The van der Waals surface area contributed by atoms with E-state index < -0.39 is 23.5 Å². The van der Waals surface area contributed by atoms with E-state index in [0.29, 0.717) is 12.1 Å². The average molecular weight is 446 g/mol. The zero-order chi connectivity index (χ0) is 22.9. The van der Waals surface area contributed by atoms with E-state index in [1.54, 1.807) is 36.5 Å². The van der Waals surface area contributed by atoms with Crippen LogP contribution in [0.4, 0.5) is 18.0 Å². The summed E-state index contributed by atoms with van der Waals surface area (Å²) >= 11 is 0. The first kappa shape index (κ1) is 21.9. The zero-order valence-corrected chi connectivity index (χ0v) is 17.0. The summed E-state index contributed by atoms with van der Waals surface area (Å²) in [5, 5.41) is 8.93. The van der Waals surface area contributed by atoms with Crippen molar-refractivity contribution in [2.45, 2.75) is 31.5 Å². The molecule has 1 fully saturated rings. The number of carboxylic acid groups (broad SMARTS) is 1. The summed E-state index contributed by atoms with van der Waals surface area (Å²) in [6.07, 6.45) is -2.76. The van der Waals surface area contributed by atoms with Crippen molar-refractivity contribution in [2.24, 2.45) is 0 Å². The summed E-state index contributed by atoms with van der Waals surface area (Å²) < 4.78 is 44.4. The Hall–Kier alpha value is -3.33. The van der Waals surface area contributed by atoms with Crippen LogP contribution in [0.25, 0.3) is 5.52 Å². The largest absolute Gasteiger partial charge is 0.511 e. The highest BCUT2D eigenvalue weighted by atomic mass is 19.4. The number of rotatable bonds is 4. The van der Waals surface area contributed by atoms with Gasteiger partial charge in [-0.1, -0.05) is 18.2 Å². The predicted octanol–water partition coefficient (Wildman–Crippen LogP) is 4.75. The highest BCUT2D eigenvalue weighted by Gasteiger charge is 2.30. The van der Waals surface area contributed by atoms with Gasteiger partial charge in [0.15, 0.2) is 5.75 Å². The highest BCUT2D eigenvalue weighted by Crippen LogP contribution is 2.33. The maximum atomic E-state index is 12.8. The van der Waals surface area contributed by atoms with Gasteiger partial charge in [-0.2, -0.15) is 13.2 Å². The molecular weight excluding hydrogens is 425 g/mol. The van der Waals surface area contributed by atoms with Crippen LogP contribution >= 0.6 is 0 Å². The van der Waals surface area contributed by atoms with Gasteiger partial charge < -0.3 is 9.84 Å². The second kappa shape index (κ2) is 8.66. The van der Waals surface area contributed by atoms with E-state index >= 15 is 0 Å². The molecule has 32 heavy (non-hydrogen) atoms. The van der Waals surface area contributed by atoms with E-state index in [9.17, 15) is 22.8 Å². The number of halogens is 3. The third-order valence-corrected chi connectivity index (χ3v) is 5.81. The molecule has 2 aromatic heterocycles. The summed E-state index contributed by atoms with van der Waals surface area (Å²) in [6.45, 7) is 1.93. The van der Waals surface area contributed by atoms with Crippen molar-refractivity contribution < 1.29 is 27.8 Å². The van der Waals surface area contributed by atoms with Crippen LogP contribution in [-0.4, -0.2) is 33.7 Å². The van der Waals surface area contributed by atoms with Crippen molar-refractivity contribution in [2.75, 3.05) is 13.1 Å². The summed E-state index contributed by atoms with van der Waals surface area (Å²) in [5.41, 5.74) is 1.12. The Bertz CT molecular complexity index is 1180. The van der Waals surface area contributed by atoms with E-state index in [4.69, 9.17) is 5.11 Å². The van der Waals surface area contributed by atoms with Gasteiger partial charge >= 0.3 is 12.3 Å². The van der Waals surface area contributed by atoms with Crippen molar-refractivity contribution in [3.05, 3.63) is 81.8 Å². The lowest BCUT2D eigenvalue weighted by atomic mass is 9.89. The molecule has 1 aromatic carbocycles. The summed E-state index contributed by atoms with van der Waals surface area (Å²) in [4.78, 5) is 25.6. The van der Waals surface area contributed by atoms with Crippen LogP contribution < -0.4 is 10.3 Å². The Morgan fingerprint density at radius 1 is 1.09 bits per heavy atom. The van der Waals surface area contributed by atoms with E-state index in [-0.39, 0.29) is 11.7 Å².